The zero-order valence-electron chi connectivity index (χ0n) is 16.4. The Labute approximate surface area is 170 Å². The van der Waals surface area contributed by atoms with Crippen LogP contribution in [0.5, 0.6) is 5.75 Å². The van der Waals surface area contributed by atoms with Crippen molar-refractivity contribution in [2.75, 3.05) is 13.7 Å². The molecule has 3 aromatic rings. The minimum Gasteiger partial charge on any atom is -0.496 e. The number of para-hydroxylation sites is 1. The molecule has 4 rings (SSSR count). The summed E-state index contributed by atoms with van der Waals surface area (Å²) in [4.78, 5) is 25.7. The maximum absolute atomic E-state index is 13.3. The molecule has 148 valence electrons. The highest BCUT2D eigenvalue weighted by Crippen LogP contribution is 2.28. The van der Waals surface area contributed by atoms with Gasteiger partial charge in [0.25, 0.3) is 0 Å². The van der Waals surface area contributed by atoms with Crippen molar-refractivity contribution in [1.82, 2.24) is 19.8 Å². The maximum atomic E-state index is 13.3. The second-order valence-corrected chi connectivity index (χ2v) is 7.17. The molecule has 1 aliphatic heterocycles. The van der Waals surface area contributed by atoms with Crippen LogP contribution in [0.4, 0.5) is 0 Å². The Hall–Kier alpha value is -3.25. The predicted octanol–water partition coefficient (Wildman–Crippen LogP) is 2.90. The third kappa shape index (κ3) is 4.78. The van der Waals surface area contributed by atoms with Crippen LogP contribution in [-0.2, 0) is 24.4 Å². The molecule has 0 bridgehead atoms. The van der Waals surface area contributed by atoms with Crippen molar-refractivity contribution in [2.45, 2.75) is 25.7 Å². The molecule has 0 saturated carbocycles. The van der Waals surface area contributed by atoms with Gasteiger partial charge in [0.15, 0.2) is 0 Å². The minimum atomic E-state index is -0.103. The summed E-state index contributed by atoms with van der Waals surface area (Å²) in [6.07, 6.45) is 7.10. The van der Waals surface area contributed by atoms with E-state index in [-0.39, 0.29) is 11.9 Å². The summed E-state index contributed by atoms with van der Waals surface area (Å²) >= 11 is 0. The van der Waals surface area contributed by atoms with Crippen LogP contribution >= 0.6 is 0 Å². The molecule has 1 aliphatic rings. The molecule has 6 nitrogen and oxygen atoms in total. The number of nitrogens with zero attached hydrogens (tertiary/aromatic N) is 4. The highest BCUT2D eigenvalue weighted by atomic mass is 16.5. The number of carbonyl (C=O) groups excluding carboxylic acids is 1. The van der Waals surface area contributed by atoms with Gasteiger partial charge in [0.1, 0.15) is 11.8 Å². The average molecular weight is 388 g/mol. The quantitative estimate of drug-likeness (QED) is 0.556. The second-order valence-electron chi connectivity index (χ2n) is 7.17. The molecule has 2 unspecified atom stereocenters. The van der Waals surface area contributed by atoms with Crippen molar-refractivity contribution in [3.05, 3.63) is 90.0 Å². The highest BCUT2D eigenvalue weighted by Gasteiger charge is 2.42. The summed E-state index contributed by atoms with van der Waals surface area (Å²) in [5.41, 5.74) is 3.12. The summed E-state index contributed by atoms with van der Waals surface area (Å²) < 4.78 is 5.44. The molecule has 1 fully saturated rings. The Morgan fingerprint density at radius 3 is 2.28 bits per heavy atom. The molecule has 0 radical (unpaired) electrons. The van der Waals surface area contributed by atoms with Crippen molar-refractivity contribution < 1.29 is 9.53 Å². The fraction of sp³-hybridized carbons (Fsp3) is 0.261. The zero-order valence-corrected chi connectivity index (χ0v) is 16.4. The van der Waals surface area contributed by atoms with Gasteiger partial charge in [-0.3, -0.25) is 19.7 Å². The van der Waals surface area contributed by atoms with Gasteiger partial charge in [0.05, 0.1) is 7.11 Å². The summed E-state index contributed by atoms with van der Waals surface area (Å²) in [5, 5.41) is 0. The van der Waals surface area contributed by atoms with Gasteiger partial charge in [0.2, 0.25) is 5.91 Å². The molecule has 0 aliphatic carbocycles. The van der Waals surface area contributed by atoms with E-state index in [2.05, 4.69) is 14.9 Å². The van der Waals surface area contributed by atoms with Crippen LogP contribution in [-0.4, -0.2) is 45.4 Å². The average Bonchev–Trinajstić information content (AvgIpc) is 3.54. The monoisotopic (exact) mass is 388 g/mol. The molecule has 0 N–H and O–H groups in total. The Morgan fingerprint density at radius 2 is 1.69 bits per heavy atom. The molecule has 1 saturated heterocycles. The van der Waals surface area contributed by atoms with Gasteiger partial charge in [-0.1, -0.05) is 30.3 Å². The number of pyridine rings is 2. The lowest BCUT2D eigenvalue weighted by Gasteiger charge is -2.23. The number of ether oxygens (including phenoxy) is 1. The maximum Gasteiger partial charge on any atom is 0.241 e. The van der Waals surface area contributed by atoms with Crippen LogP contribution in [0.15, 0.2) is 73.3 Å². The standard InChI is InChI=1S/C23H24N4O2/c1-29-22-9-3-2-8-20(22)16-26-17-21(26)23(28)27(14-18-6-4-10-24-12-18)15-19-7-5-11-25-13-19/h2-13,21H,14-17H2,1H3. The molecular weight excluding hydrogens is 364 g/mol. The fourth-order valence-electron chi connectivity index (χ4n) is 3.48. The van der Waals surface area contributed by atoms with Crippen molar-refractivity contribution in [1.29, 1.82) is 0 Å². The summed E-state index contributed by atoms with van der Waals surface area (Å²) in [6, 6.07) is 15.6. The SMILES string of the molecule is COc1ccccc1CN1CC1C(=O)N(Cc1cccnc1)Cc1cccnc1. The van der Waals surface area contributed by atoms with Crippen LogP contribution in [0.25, 0.3) is 0 Å². The first-order chi connectivity index (χ1) is 14.2. The van der Waals surface area contributed by atoms with E-state index >= 15 is 0 Å². The molecule has 3 heterocycles. The Morgan fingerprint density at radius 1 is 1.03 bits per heavy atom. The number of hydrogen-bond acceptors (Lipinski definition) is 5. The van der Waals surface area contributed by atoms with Crippen LogP contribution in [0.1, 0.15) is 16.7 Å². The normalized spacial score (nSPS) is 17.6. The third-order valence-electron chi connectivity index (χ3n) is 5.07. The first kappa shape index (κ1) is 19.1. The molecule has 2 atom stereocenters. The molecule has 1 aromatic carbocycles. The number of aromatic nitrogens is 2. The predicted molar refractivity (Wildman–Crippen MR) is 110 cm³/mol. The smallest absolute Gasteiger partial charge is 0.241 e. The van der Waals surface area contributed by atoms with Gasteiger partial charge < -0.3 is 9.64 Å². The number of hydrogen-bond donors (Lipinski definition) is 0. The van der Waals surface area contributed by atoms with Crippen molar-refractivity contribution in [2.24, 2.45) is 0 Å². The Kier molecular flexibility index (Phi) is 5.81. The van der Waals surface area contributed by atoms with E-state index in [1.54, 1.807) is 19.5 Å². The van der Waals surface area contributed by atoms with E-state index in [9.17, 15) is 4.79 Å². The molecule has 2 aromatic heterocycles. The van der Waals surface area contributed by atoms with Gasteiger partial charge >= 0.3 is 0 Å². The molecule has 6 heteroatoms. The topological polar surface area (TPSA) is 58.3 Å². The number of amides is 1. The molecule has 1 amide bonds. The van der Waals surface area contributed by atoms with E-state index in [0.717, 1.165) is 29.0 Å². The van der Waals surface area contributed by atoms with Crippen LogP contribution in [0.3, 0.4) is 0 Å². The molecular formula is C23H24N4O2. The lowest BCUT2D eigenvalue weighted by Crippen LogP contribution is -2.35. The summed E-state index contributed by atoms with van der Waals surface area (Å²) in [5.74, 6) is 0.987. The van der Waals surface area contributed by atoms with E-state index in [4.69, 9.17) is 4.74 Å². The van der Waals surface area contributed by atoms with E-state index in [1.807, 2.05) is 65.8 Å². The number of methoxy groups -OCH3 is 1. The van der Waals surface area contributed by atoms with E-state index in [0.29, 0.717) is 19.6 Å². The van der Waals surface area contributed by atoms with Gasteiger partial charge in [-0.15, -0.1) is 0 Å². The van der Waals surface area contributed by atoms with E-state index in [1.165, 1.54) is 0 Å². The number of carbonyl (C=O) groups is 1. The van der Waals surface area contributed by atoms with Crippen LogP contribution < -0.4 is 4.74 Å². The minimum absolute atomic E-state index is 0.103. The van der Waals surface area contributed by atoms with Crippen molar-refractivity contribution >= 4 is 5.91 Å². The lowest BCUT2D eigenvalue weighted by molar-refractivity contribution is -0.132. The molecule has 29 heavy (non-hydrogen) atoms. The first-order valence-corrected chi connectivity index (χ1v) is 9.67. The lowest BCUT2D eigenvalue weighted by atomic mass is 10.2. The summed E-state index contributed by atoms with van der Waals surface area (Å²) in [6.45, 7) is 2.52. The van der Waals surface area contributed by atoms with Gasteiger partial charge in [0, 0.05) is 56.5 Å². The number of benzene rings is 1. The van der Waals surface area contributed by atoms with Gasteiger partial charge in [-0.05, 0) is 29.3 Å². The second kappa shape index (κ2) is 8.84. The van der Waals surface area contributed by atoms with Gasteiger partial charge in [-0.2, -0.15) is 0 Å². The van der Waals surface area contributed by atoms with E-state index < -0.39 is 0 Å². The number of rotatable bonds is 8. The van der Waals surface area contributed by atoms with Gasteiger partial charge in [-0.25, -0.2) is 0 Å². The zero-order chi connectivity index (χ0) is 20.1. The van der Waals surface area contributed by atoms with Crippen LogP contribution in [0, 0.1) is 0 Å². The van der Waals surface area contributed by atoms with Crippen LogP contribution in [0.2, 0.25) is 0 Å². The third-order valence-corrected chi connectivity index (χ3v) is 5.07. The Bertz CT molecular complexity index is 908. The fourth-order valence-corrected chi connectivity index (χ4v) is 3.48. The largest absolute Gasteiger partial charge is 0.496 e. The Balaban J connectivity index is 1.46. The van der Waals surface area contributed by atoms with Crippen molar-refractivity contribution in [3.63, 3.8) is 0 Å². The van der Waals surface area contributed by atoms with Crippen molar-refractivity contribution in [3.8, 4) is 5.75 Å². The first-order valence-electron chi connectivity index (χ1n) is 9.67. The highest BCUT2D eigenvalue weighted by molar-refractivity contribution is 5.84. The summed E-state index contributed by atoms with van der Waals surface area (Å²) in [7, 11) is 1.67. The molecule has 0 spiro atoms.